The number of hydrogen-bond donors (Lipinski definition) is 5. The van der Waals surface area contributed by atoms with Crippen molar-refractivity contribution in [3.8, 4) is 5.75 Å². The van der Waals surface area contributed by atoms with Gasteiger partial charge in [0, 0.05) is 50.4 Å². The molecule has 6 rings (SSSR count). The van der Waals surface area contributed by atoms with Gasteiger partial charge in [0.15, 0.2) is 5.65 Å². The fourth-order valence-corrected chi connectivity index (χ4v) is 5.79. The van der Waals surface area contributed by atoms with E-state index in [0.29, 0.717) is 55.1 Å². The molecule has 14 nitrogen and oxygen atoms in total. The van der Waals surface area contributed by atoms with E-state index in [4.69, 9.17) is 4.74 Å². The van der Waals surface area contributed by atoms with Crippen LogP contribution in [0.15, 0.2) is 97.5 Å². The zero-order valence-corrected chi connectivity index (χ0v) is 27.7. The van der Waals surface area contributed by atoms with Gasteiger partial charge in [0.2, 0.25) is 5.82 Å². The molecule has 0 bridgehead atoms. The molecule has 5 N–H and O–H groups in total. The summed E-state index contributed by atoms with van der Waals surface area (Å²) in [6.45, 7) is 2.00. The number of methoxy groups -OCH3 is 1. The molecule has 3 heterocycles. The number of anilines is 1. The Morgan fingerprint density at radius 1 is 0.860 bits per heavy atom. The van der Waals surface area contributed by atoms with E-state index in [1.165, 1.54) is 17.3 Å². The molecule has 50 heavy (non-hydrogen) atoms. The third-order valence-corrected chi connectivity index (χ3v) is 8.52. The lowest BCUT2D eigenvalue weighted by Gasteiger charge is -2.32. The molecular formula is C36H40N10O4. The predicted molar refractivity (Wildman–Crippen MR) is 190 cm³/mol. The number of likely N-dealkylation sites (tertiary alicyclic amines) is 1. The summed E-state index contributed by atoms with van der Waals surface area (Å²) in [4.78, 5) is 52.8. The Kier molecular flexibility index (Phi) is 11.0. The van der Waals surface area contributed by atoms with Crippen LogP contribution in [0, 0.1) is 0 Å². The number of benzene rings is 3. The summed E-state index contributed by atoms with van der Waals surface area (Å²) in [6, 6.07) is 27.1. The minimum atomic E-state index is -0.464. The lowest BCUT2D eigenvalue weighted by molar-refractivity contribution is 0.0943. The largest absolute Gasteiger partial charge is 0.497 e. The molecule has 1 saturated heterocycles. The molecule has 1 aliphatic rings. The number of rotatable bonds is 12. The van der Waals surface area contributed by atoms with E-state index < -0.39 is 5.91 Å². The molecule has 1 fully saturated rings. The molecule has 258 valence electrons. The van der Waals surface area contributed by atoms with Crippen LogP contribution in [-0.4, -0.2) is 88.4 Å². The van der Waals surface area contributed by atoms with Crippen LogP contribution in [0.2, 0.25) is 0 Å². The highest BCUT2D eigenvalue weighted by atomic mass is 16.5. The van der Waals surface area contributed by atoms with Gasteiger partial charge in [0.25, 0.3) is 5.91 Å². The van der Waals surface area contributed by atoms with Crippen LogP contribution < -0.4 is 31.4 Å². The van der Waals surface area contributed by atoms with Crippen LogP contribution in [-0.2, 0) is 0 Å². The monoisotopic (exact) mass is 676 g/mol. The van der Waals surface area contributed by atoms with Gasteiger partial charge in [-0.1, -0.05) is 60.7 Å². The topological polar surface area (TPSA) is 167 Å². The maximum atomic E-state index is 12.9. The zero-order chi connectivity index (χ0) is 34.7. The van der Waals surface area contributed by atoms with E-state index in [1.54, 1.807) is 47.3 Å². The summed E-state index contributed by atoms with van der Waals surface area (Å²) in [7, 11) is 1.59. The van der Waals surface area contributed by atoms with Crippen LogP contribution in [0.5, 0.6) is 5.75 Å². The van der Waals surface area contributed by atoms with Gasteiger partial charge in [-0.2, -0.15) is 0 Å². The smallest absolute Gasteiger partial charge is 0.321 e. The van der Waals surface area contributed by atoms with Crippen LogP contribution >= 0.6 is 0 Å². The van der Waals surface area contributed by atoms with Gasteiger partial charge in [-0.15, -0.1) is 0 Å². The van der Waals surface area contributed by atoms with Crippen molar-refractivity contribution in [1.29, 1.82) is 0 Å². The molecular weight excluding hydrogens is 636 g/mol. The van der Waals surface area contributed by atoms with Gasteiger partial charge in [-0.25, -0.2) is 29.2 Å². The van der Waals surface area contributed by atoms with Crippen molar-refractivity contribution < 1.29 is 19.1 Å². The molecule has 14 heteroatoms. The Bertz CT molecular complexity index is 1840. The van der Waals surface area contributed by atoms with E-state index in [0.717, 1.165) is 0 Å². The number of nitrogens with zero attached hydrogens (tertiary/aromatic N) is 5. The summed E-state index contributed by atoms with van der Waals surface area (Å²) in [5.74, 6) is 0.325. The van der Waals surface area contributed by atoms with Gasteiger partial charge in [-0.3, -0.25) is 4.79 Å². The Morgan fingerprint density at radius 2 is 1.52 bits per heavy atom. The number of imidazole rings is 1. The highest BCUT2D eigenvalue weighted by molar-refractivity contribution is 5.92. The molecule has 0 radical (unpaired) electrons. The first kappa shape index (κ1) is 33.7. The second-order valence-corrected chi connectivity index (χ2v) is 11.8. The third-order valence-electron chi connectivity index (χ3n) is 8.52. The first-order chi connectivity index (χ1) is 24.5. The van der Waals surface area contributed by atoms with E-state index in [-0.39, 0.29) is 42.9 Å². The van der Waals surface area contributed by atoms with Gasteiger partial charge in [0.05, 0.1) is 13.3 Å². The SMILES string of the molecule is COc1ccc(NC(=O)N2CCC(NC(=O)NCCNC(=O)c3ncc4ncn(NCC(c5ccccc5)c5ccccc5)c4n3)CC2)cc1. The number of urea groups is 2. The predicted octanol–water partition coefficient (Wildman–Crippen LogP) is 3.94. The molecule has 5 amide bonds. The minimum Gasteiger partial charge on any atom is -0.497 e. The molecule has 3 aromatic carbocycles. The quantitative estimate of drug-likeness (QED) is 0.124. The van der Waals surface area contributed by atoms with E-state index in [1.807, 2.05) is 36.4 Å². The maximum Gasteiger partial charge on any atom is 0.321 e. The number of aromatic nitrogens is 4. The minimum absolute atomic E-state index is 0.00374. The highest BCUT2D eigenvalue weighted by Crippen LogP contribution is 2.24. The molecule has 1 aliphatic heterocycles. The second-order valence-electron chi connectivity index (χ2n) is 11.8. The number of fused-ring (bicyclic) bond motifs is 1. The number of ether oxygens (including phenoxy) is 1. The molecule has 0 atom stereocenters. The van der Waals surface area contributed by atoms with Gasteiger partial charge < -0.3 is 36.3 Å². The summed E-state index contributed by atoms with van der Waals surface area (Å²) in [5, 5.41) is 11.4. The average Bonchev–Trinajstić information content (AvgIpc) is 3.57. The first-order valence-corrected chi connectivity index (χ1v) is 16.5. The number of piperidine rings is 1. The summed E-state index contributed by atoms with van der Waals surface area (Å²) >= 11 is 0. The zero-order valence-electron chi connectivity index (χ0n) is 27.7. The lowest BCUT2D eigenvalue weighted by Crippen LogP contribution is -2.50. The number of nitrogens with one attached hydrogen (secondary N) is 5. The van der Waals surface area contributed by atoms with Crippen LogP contribution in [0.1, 0.15) is 40.5 Å². The Labute approximate surface area is 289 Å². The number of hydrogen-bond acceptors (Lipinski definition) is 8. The molecule has 2 aromatic heterocycles. The fraction of sp³-hybridized carbons (Fsp3) is 0.278. The van der Waals surface area contributed by atoms with Crippen molar-refractivity contribution in [3.63, 3.8) is 0 Å². The number of amides is 5. The molecule has 0 saturated carbocycles. The number of carbonyl (C=O) groups excluding carboxylic acids is 3. The Morgan fingerprint density at radius 3 is 2.18 bits per heavy atom. The van der Waals surface area contributed by atoms with E-state index in [9.17, 15) is 14.4 Å². The van der Waals surface area contributed by atoms with Crippen LogP contribution in [0.3, 0.4) is 0 Å². The van der Waals surface area contributed by atoms with E-state index in [2.05, 4.69) is 65.9 Å². The van der Waals surface area contributed by atoms with Crippen molar-refractivity contribution in [2.45, 2.75) is 24.8 Å². The Hall–Kier alpha value is -6.18. The van der Waals surface area contributed by atoms with E-state index >= 15 is 0 Å². The van der Waals surface area contributed by atoms with Crippen molar-refractivity contribution in [2.75, 3.05) is 50.6 Å². The van der Waals surface area contributed by atoms with Crippen molar-refractivity contribution in [1.82, 2.24) is 40.5 Å². The van der Waals surface area contributed by atoms with Crippen molar-refractivity contribution in [3.05, 3.63) is 114 Å². The molecule has 0 spiro atoms. The Balaban J connectivity index is 0.935. The standard InChI is InChI=1S/C36H40N10O4/c1-50-29-14-12-27(13-15-29)43-36(49)45-20-16-28(17-21-45)42-35(48)38-19-18-37-34(47)32-39-23-31-33(44-32)46(24-40-31)41-22-30(25-8-4-2-5-9-25)26-10-6-3-7-11-26/h2-15,23-24,28,30,41H,16-22H2,1H3,(H,37,47)(H,43,49)(H2,38,42,48). The second kappa shape index (κ2) is 16.3. The average molecular weight is 677 g/mol. The highest BCUT2D eigenvalue weighted by Gasteiger charge is 2.24. The van der Waals surface area contributed by atoms with Gasteiger partial charge in [0.1, 0.15) is 17.6 Å². The number of carbonyl (C=O) groups is 3. The van der Waals surface area contributed by atoms with Crippen LogP contribution in [0.25, 0.3) is 11.2 Å². The molecule has 5 aromatic rings. The summed E-state index contributed by atoms with van der Waals surface area (Å²) in [5.41, 5.74) is 7.45. The summed E-state index contributed by atoms with van der Waals surface area (Å²) in [6.07, 6.45) is 4.40. The lowest BCUT2D eigenvalue weighted by atomic mass is 9.91. The molecule has 0 aliphatic carbocycles. The van der Waals surface area contributed by atoms with Gasteiger partial charge in [-0.05, 0) is 48.2 Å². The first-order valence-electron chi connectivity index (χ1n) is 16.5. The molecule has 0 unspecified atom stereocenters. The van der Waals surface area contributed by atoms with Crippen LogP contribution in [0.4, 0.5) is 15.3 Å². The maximum absolute atomic E-state index is 12.9. The third kappa shape index (κ3) is 8.64. The summed E-state index contributed by atoms with van der Waals surface area (Å²) < 4.78 is 6.85. The van der Waals surface area contributed by atoms with Gasteiger partial charge >= 0.3 is 12.1 Å². The normalized spacial score (nSPS) is 13.1. The van der Waals surface area contributed by atoms with Crippen molar-refractivity contribution >= 4 is 34.8 Å². The fourth-order valence-electron chi connectivity index (χ4n) is 5.79. The van der Waals surface area contributed by atoms with Crippen molar-refractivity contribution in [2.24, 2.45) is 0 Å².